The highest BCUT2D eigenvalue weighted by Crippen LogP contribution is 2.21. The maximum absolute atomic E-state index is 13.1. The van der Waals surface area contributed by atoms with Crippen LogP contribution in [0.3, 0.4) is 0 Å². The third-order valence-corrected chi connectivity index (χ3v) is 4.92. The number of hydrogen-bond donors (Lipinski definition) is 1. The van der Waals surface area contributed by atoms with Crippen LogP contribution in [0.15, 0.2) is 72.8 Å². The van der Waals surface area contributed by atoms with Crippen molar-refractivity contribution in [1.82, 2.24) is 10.2 Å². The highest BCUT2D eigenvalue weighted by atomic mass is 16.2. The van der Waals surface area contributed by atoms with E-state index in [1.807, 2.05) is 35.2 Å². The number of nitrogens with zero attached hydrogens (tertiary/aromatic N) is 1. The minimum absolute atomic E-state index is 0.113. The van der Waals surface area contributed by atoms with Crippen molar-refractivity contribution in [2.45, 2.75) is 19.0 Å². The molecule has 1 atom stereocenters. The Kier molecular flexibility index (Phi) is 4.49. The van der Waals surface area contributed by atoms with Gasteiger partial charge in [0.15, 0.2) is 0 Å². The van der Waals surface area contributed by atoms with Gasteiger partial charge in [0, 0.05) is 24.7 Å². The highest BCUT2D eigenvalue weighted by Gasteiger charge is 2.27. The fourth-order valence-electron chi connectivity index (χ4n) is 3.55. The fourth-order valence-corrected chi connectivity index (χ4v) is 3.55. The molecule has 3 aromatic rings. The molecule has 4 rings (SSSR count). The molecule has 1 fully saturated rings. The quantitative estimate of drug-likeness (QED) is 0.788. The van der Waals surface area contributed by atoms with E-state index < -0.39 is 0 Å². The van der Waals surface area contributed by atoms with Gasteiger partial charge in [0.05, 0.1) is 0 Å². The fraction of sp³-hybridized carbons (Fsp3) is 0.227. The van der Waals surface area contributed by atoms with Crippen molar-refractivity contribution in [3.63, 3.8) is 0 Å². The van der Waals surface area contributed by atoms with Gasteiger partial charge < -0.3 is 10.2 Å². The summed E-state index contributed by atoms with van der Waals surface area (Å²) in [6.45, 7) is 2.48. The van der Waals surface area contributed by atoms with Crippen LogP contribution in [0.5, 0.6) is 0 Å². The average Bonchev–Trinajstić information content (AvgIpc) is 3.20. The number of hydrogen-bond acceptors (Lipinski definition) is 2. The summed E-state index contributed by atoms with van der Waals surface area (Å²) in [5.74, 6) is 0.113. The molecule has 1 aliphatic heterocycles. The van der Waals surface area contributed by atoms with E-state index in [-0.39, 0.29) is 11.9 Å². The molecule has 1 aliphatic rings. The molecule has 0 aliphatic carbocycles. The van der Waals surface area contributed by atoms with Crippen LogP contribution in [0.1, 0.15) is 22.3 Å². The molecule has 3 nitrogen and oxygen atoms in total. The van der Waals surface area contributed by atoms with E-state index in [0.29, 0.717) is 6.54 Å². The summed E-state index contributed by atoms with van der Waals surface area (Å²) >= 11 is 0. The van der Waals surface area contributed by atoms with Crippen LogP contribution in [0.25, 0.3) is 10.8 Å². The smallest absolute Gasteiger partial charge is 0.254 e. The summed E-state index contributed by atoms with van der Waals surface area (Å²) in [5, 5.41) is 5.83. The standard InChI is InChI=1S/C22H22N2O/c25-22(19-7-2-1-3-8-19)24(21-12-13-23-15-21)16-17-10-11-18-6-4-5-9-20(18)14-17/h1-11,14,21,23H,12-13,15-16H2/t21-/m1/s1. The summed E-state index contributed by atoms with van der Waals surface area (Å²) in [4.78, 5) is 15.1. The van der Waals surface area contributed by atoms with Gasteiger partial charge in [0.2, 0.25) is 0 Å². The van der Waals surface area contributed by atoms with Crippen molar-refractivity contribution >= 4 is 16.7 Å². The van der Waals surface area contributed by atoms with Crippen LogP contribution in [-0.4, -0.2) is 29.9 Å². The Hall–Kier alpha value is -2.65. The van der Waals surface area contributed by atoms with Crippen LogP contribution in [-0.2, 0) is 6.54 Å². The predicted octanol–water partition coefficient (Wildman–Crippen LogP) is 3.84. The minimum Gasteiger partial charge on any atom is -0.330 e. The van der Waals surface area contributed by atoms with Gasteiger partial charge in [-0.05, 0) is 47.5 Å². The Morgan fingerprint density at radius 3 is 2.48 bits per heavy atom. The number of carbonyl (C=O) groups is 1. The van der Waals surface area contributed by atoms with Crippen molar-refractivity contribution in [3.05, 3.63) is 83.9 Å². The summed E-state index contributed by atoms with van der Waals surface area (Å²) in [6.07, 6.45) is 1.01. The number of amides is 1. The van der Waals surface area contributed by atoms with Gasteiger partial charge in [-0.25, -0.2) is 0 Å². The molecule has 1 N–H and O–H groups in total. The molecular formula is C22H22N2O. The molecule has 3 heteroatoms. The van der Waals surface area contributed by atoms with E-state index in [9.17, 15) is 4.79 Å². The third-order valence-electron chi connectivity index (χ3n) is 4.92. The van der Waals surface area contributed by atoms with E-state index in [2.05, 4.69) is 47.8 Å². The first-order valence-corrected chi connectivity index (χ1v) is 8.86. The minimum atomic E-state index is 0.113. The molecule has 0 aromatic heterocycles. The van der Waals surface area contributed by atoms with Gasteiger partial charge in [-0.3, -0.25) is 4.79 Å². The van der Waals surface area contributed by atoms with Gasteiger partial charge in [-0.15, -0.1) is 0 Å². The summed E-state index contributed by atoms with van der Waals surface area (Å²) in [6, 6.07) is 24.7. The number of nitrogens with one attached hydrogen (secondary N) is 1. The van der Waals surface area contributed by atoms with Crippen LogP contribution in [0, 0.1) is 0 Å². The Labute approximate surface area is 148 Å². The predicted molar refractivity (Wildman–Crippen MR) is 102 cm³/mol. The van der Waals surface area contributed by atoms with E-state index in [1.54, 1.807) is 0 Å². The zero-order valence-corrected chi connectivity index (χ0v) is 14.2. The van der Waals surface area contributed by atoms with Gasteiger partial charge in [0.25, 0.3) is 5.91 Å². The van der Waals surface area contributed by atoms with Gasteiger partial charge in [-0.2, -0.15) is 0 Å². The zero-order chi connectivity index (χ0) is 17.1. The summed E-state index contributed by atoms with van der Waals surface area (Å²) in [5.41, 5.74) is 1.94. The van der Waals surface area contributed by atoms with Crippen molar-refractivity contribution in [2.75, 3.05) is 13.1 Å². The van der Waals surface area contributed by atoms with Gasteiger partial charge >= 0.3 is 0 Å². The lowest BCUT2D eigenvalue weighted by Crippen LogP contribution is -2.41. The number of benzene rings is 3. The Bertz CT molecular complexity index is 869. The molecule has 0 saturated carbocycles. The third kappa shape index (κ3) is 3.42. The lowest BCUT2D eigenvalue weighted by atomic mass is 10.0. The number of rotatable bonds is 4. The molecule has 25 heavy (non-hydrogen) atoms. The monoisotopic (exact) mass is 330 g/mol. The molecule has 1 saturated heterocycles. The molecule has 1 heterocycles. The van der Waals surface area contributed by atoms with E-state index in [1.165, 1.54) is 16.3 Å². The first-order valence-electron chi connectivity index (χ1n) is 8.86. The van der Waals surface area contributed by atoms with Crippen molar-refractivity contribution in [1.29, 1.82) is 0 Å². The Morgan fingerprint density at radius 2 is 1.72 bits per heavy atom. The summed E-state index contributed by atoms with van der Waals surface area (Å²) < 4.78 is 0. The molecule has 1 amide bonds. The van der Waals surface area contributed by atoms with Gasteiger partial charge in [-0.1, -0.05) is 54.6 Å². The molecule has 0 radical (unpaired) electrons. The highest BCUT2D eigenvalue weighted by molar-refractivity contribution is 5.94. The lowest BCUT2D eigenvalue weighted by Gasteiger charge is -2.29. The first-order chi connectivity index (χ1) is 12.3. The molecular weight excluding hydrogens is 308 g/mol. The molecule has 0 spiro atoms. The molecule has 3 aromatic carbocycles. The van der Waals surface area contributed by atoms with Crippen LogP contribution < -0.4 is 5.32 Å². The normalized spacial score (nSPS) is 16.9. The Morgan fingerprint density at radius 1 is 0.960 bits per heavy atom. The summed E-state index contributed by atoms with van der Waals surface area (Å²) in [7, 11) is 0. The largest absolute Gasteiger partial charge is 0.330 e. The van der Waals surface area contributed by atoms with Crippen LogP contribution >= 0.6 is 0 Å². The lowest BCUT2D eigenvalue weighted by molar-refractivity contribution is 0.0676. The van der Waals surface area contributed by atoms with E-state index >= 15 is 0 Å². The SMILES string of the molecule is O=C(c1ccccc1)N(Cc1ccc2ccccc2c1)[C@@H]1CCNC1. The second-order valence-electron chi connectivity index (χ2n) is 6.63. The van der Waals surface area contributed by atoms with Crippen LogP contribution in [0.4, 0.5) is 0 Å². The van der Waals surface area contributed by atoms with E-state index in [4.69, 9.17) is 0 Å². The van der Waals surface area contributed by atoms with Gasteiger partial charge in [0.1, 0.15) is 0 Å². The topological polar surface area (TPSA) is 32.3 Å². The zero-order valence-electron chi connectivity index (χ0n) is 14.2. The Balaban J connectivity index is 1.64. The maximum atomic E-state index is 13.1. The van der Waals surface area contributed by atoms with E-state index in [0.717, 1.165) is 25.1 Å². The maximum Gasteiger partial charge on any atom is 0.254 e. The molecule has 0 unspecified atom stereocenters. The van der Waals surface area contributed by atoms with Crippen LogP contribution in [0.2, 0.25) is 0 Å². The average molecular weight is 330 g/mol. The number of fused-ring (bicyclic) bond motifs is 1. The number of carbonyl (C=O) groups excluding carboxylic acids is 1. The molecule has 0 bridgehead atoms. The molecule has 126 valence electrons. The van der Waals surface area contributed by atoms with Crippen molar-refractivity contribution in [3.8, 4) is 0 Å². The first kappa shape index (κ1) is 15.9. The van der Waals surface area contributed by atoms with Crippen molar-refractivity contribution < 1.29 is 4.79 Å². The second-order valence-corrected chi connectivity index (χ2v) is 6.63. The second kappa shape index (κ2) is 7.08. The van der Waals surface area contributed by atoms with Crippen molar-refractivity contribution in [2.24, 2.45) is 0 Å².